The maximum atomic E-state index is 12.2. The van der Waals surface area contributed by atoms with Crippen molar-refractivity contribution in [3.63, 3.8) is 0 Å². The number of benzene rings is 1. The summed E-state index contributed by atoms with van der Waals surface area (Å²) >= 11 is 6.77. The summed E-state index contributed by atoms with van der Waals surface area (Å²) in [7, 11) is 0. The molecule has 3 aromatic rings. The molecule has 0 radical (unpaired) electrons. The molecule has 8 heteroatoms. The van der Waals surface area contributed by atoms with Crippen LogP contribution in [0.25, 0.3) is 0 Å². The van der Waals surface area contributed by atoms with Crippen molar-refractivity contribution in [1.82, 2.24) is 20.2 Å². The van der Waals surface area contributed by atoms with Gasteiger partial charge in [0.1, 0.15) is 0 Å². The highest BCUT2D eigenvalue weighted by Crippen LogP contribution is 2.17. The molecule has 2 heterocycles. The monoisotopic (exact) mass is 461 g/mol. The molecule has 1 amide bonds. The van der Waals surface area contributed by atoms with Crippen molar-refractivity contribution in [3.8, 4) is 0 Å². The van der Waals surface area contributed by atoms with E-state index in [0.29, 0.717) is 11.0 Å². The molecular formula is C17H13Br2N5O. The van der Waals surface area contributed by atoms with Crippen molar-refractivity contribution in [2.45, 2.75) is 6.54 Å². The normalized spacial score (nSPS) is 11.0. The van der Waals surface area contributed by atoms with Gasteiger partial charge in [-0.2, -0.15) is 10.2 Å². The number of nitrogens with one attached hydrogen (secondary N) is 1. The van der Waals surface area contributed by atoms with Gasteiger partial charge in [0.2, 0.25) is 0 Å². The van der Waals surface area contributed by atoms with Crippen molar-refractivity contribution >= 4 is 44.0 Å². The molecule has 0 aliphatic heterocycles. The second-order valence-electron chi connectivity index (χ2n) is 5.13. The Morgan fingerprint density at radius 3 is 2.60 bits per heavy atom. The zero-order valence-electron chi connectivity index (χ0n) is 12.9. The number of carbonyl (C=O) groups excluding carboxylic acids is 1. The van der Waals surface area contributed by atoms with E-state index < -0.39 is 0 Å². The number of hydrogen-bond acceptors (Lipinski definition) is 4. The van der Waals surface area contributed by atoms with Crippen LogP contribution in [0.15, 0.2) is 69.0 Å². The maximum absolute atomic E-state index is 12.2. The molecule has 0 aliphatic carbocycles. The Morgan fingerprint density at radius 2 is 1.88 bits per heavy atom. The van der Waals surface area contributed by atoms with Crippen LogP contribution in [-0.4, -0.2) is 26.9 Å². The lowest BCUT2D eigenvalue weighted by atomic mass is 10.2. The highest BCUT2D eigenvalue weighted by Gasteiger charge is 2.14. The molecule has 3 rings (SSSR count). The van der Waals surface area contributed by atoms with Gasteiger partial charge in [0.25, 0.3) is 5.91 Å². The van der Waals surface area contributed by atoms with Gasteiger partial charge in [0, 0.05) is 23.1 Å². The van der Waals surface area contributed by atoms with E-state index >= 15 is 0 Å². The Labute approximate surface area is 161 Å². The van der Waals surface area contributed by atoms with Crippen LogP contribution in [0.5, 0.6) is 0 Å². The van der Waals surface area contributed by atoms with Crippen molar-refractivity contribution in [2.75, 3.05) is 0 Å². The predicted molar refractivity (Wildman–Crippen MR) is 102 cm³/mol. The second kappa shape index (κ2) is 8.17. The number of nitrogens with zero attached hydrogens (tertiary/aromatic N) is 4. The molecule has 126 valence electrons. The number of hydrazone groups is 1. The molecule has 2 aromatic heterocycles. The average Bonchev–Trinajstić information content (AvgIpc) is 2.98. The SMILES string of the molecule is O=C(NN=Cc1ccncc1)c1nn(Cc2ccc(Br)cc2)cc1Br. The first-order chi connectivity index (χ1) is 12.1. The Hall–Kier alpha value is -2.32. The smallest absolute Gasteiger partial charge is 0.266 e. The van der Waals surface area contributed by atoms with E-state index in [1.165, 1.54) is 0 Å². The Bertz CT molecular complexity index is 891. The summed E-state index contributed by atoms with van der Waals surface area (Å²) in [6.45, 7) is 0.569. The Kier molecular flexibility index (Phi) is 5.72. The van der Waals surface area contributed by atoms with E-state index in [-0.39, 0.29) is 11.6 Å². The van der Waals surface area contributed by atoms with Crippen LogP contribution in [0.1, 0.15) is 21.6 Å². The average molecular weight is 463 g/mol. The number of amides is 1. The molecule has 0 fully saturated rings. The summed E-state index contributed by atoms with van der Waals surface area (Å²) in [5, 5.41) is 8.25. The third-order valence-electron chi connectivity index (χ3n) is 3.28. The summed E-state index contributed by atoms with van der Waals surface area (Å²) < 4.78 is 3.33. The molecule has 25 heavy (non-hydrogen) atoms. The number of carbonyl (C=O) groups is 1. The van der Waals surface area contributed by atoms with E-state index in [1.807, 2.05) is 24.3 Å². The number of pyridine rings is 1. The van der Waals surface area contributed by atoms with Crippen molar-refractivity contribution in [3.05, 3.63) is 80.8 Å². The zero-order valence-corrected chi connectivity index (χ0v) is 16.1. The summed E-state index contributed by atoms with van der Waals surface area (Å²) in [6.07, 6.45) is 6.63. The summed E-state index contributed by atoms with van der Waals surface area (Å²) in [5.74, 6) is -0.383. The van der Waals surface area contributed by atoms with Gasteiger partial charge in [-0.1, -0.05) is 28.1 Å². The van der Waals surface area contributed by atoms with Gasteiger partial charge >= 0.3 is 0 Å². The quantitative estimate of drug-likeness (QED) is 0.465. The molecule has 0 aliphatic rings. The standard InChI is InChI=1S/C17H13Br2N5O/c18-14-3-1-13(2-4-14)10-24-11-15(19)16(23-24)17(25)22-21-9-12-5-7-20-8-6-12/h1-9,11H,10H2,(H,22,25). The van der Waals surface area contributed by atoms with Crippen LogP contribution >= 0.6 is 31.9 Å². The molecule has 6 nitrogen and oxygen atoms in total. The number of halogens is 2. The van der Waals surface area contributed by atoms with E-state index in [9.17, 15) is 4.79 Å². The number of rotatable bonds is 5. The summed E-state index contributed by atoms with van der Waals surface area (Å²) in [6, 6.07) is 11.5. The van der Waals surface area contributed by atoms with Crippen molar-refractivity contribution < 1.29 is 4.79 Å². The second-order valence-corrected chi connectivity index (χ2v) is 6.90. The minimum Gasteiger partial charge on any atom is -0.266 e. The third kappa shape index (κ3) is 4.83. The Balaban J connectivity index is 1.66. The molecule has 0 spiro atoms. The van der Waals surface area contributed by atoms with Crippen molar-refractivity contribution in [2.24, 2.45) is 5.10 Å². The molecule has 0 atom stereocenters. The molecular weight excluding hydrogens is 450 g/mol. The number of aromatic nitrogens is 3. The third-order valence-corrected chi connectivity index (χ3v) is 4.38. The van der Waals surface area contributed by atoms with Gasteiger partial charge in [-0.25, -0.2) is 5.43 Å². The lowest BCUT2D eigenvalue weighted by molar-refractivity contribution is 0.0948. The van der Waals surface area contributed by atoms with E-state index in [4.69, 9.17) is 0 Å². The first-order valence-electron chi connectivity index (χ1n) is 7.32. The minimum absolute atomic E-state index is 0.281. The fraction of sp³-hybridized carbons (Fsp3) is 0.0588. The van der Waals surface area contributed by atoms with Crippen LogP contribution < -0.4 is 5.43 Å². The highest BCUT2D eigenvalue weighted by molar-refractivity contribution is 9.10. The first kappa shape index (κ1) is 17.5. The van der Waals surface area contributed by atoms with Crippen molar-refractivity contribution in [1.29, 1.82) is 0 Å². The van der Waals surface area contributed by atoms with Gasteiger partial charge in [0.05, 0.1) is 17.2 Å². The summed E-state index contributed by atoms with van der Waals surface area (Å²) in [5.41, 5.74) is 4.68. The van der Waals surface area contributed by atoms with E-state index in [0.717, 1.165) is 15.6 Å². The predicted octanol–water partition coefficient (Wildman–Crippen LogP) is 3.62. The number of hydrogen-bond donors (Lipinski definition) is 1. The van der Waals surface area contributed by atoms with E-state index in [1.54, 1.807) is 41.6 Å². The molecule has 1 N–H and O–H groups in total. The van der Waals surface area contributed by atoms with Gasteiger partial charge in [0.15, 0.2) is 5.69 Å². The van der Waals surface area contributed by atoms with E-state index in [2.05, 4.69) is 52.5 Å². The molecule has 0 saturated carbocycles. The molecule has 0 bridgehead atoms. The van der Waals surface area contributed by atoms with Gasteiger partial charge in [-0.3, -0.25) is 14.5 Å². The van der Waals surface area contributed by atoms with Gasteiger partial charge < -0.3 is 0 Å². The lowest BCUT2D eigenvalue weighted by Gasteiger charge is -2.02. The minimum atomic E-state index is -0.383. The fourth-order valence-corrected chi connectivity index (χ4v) is 2.84. The lowest BCUT2D eigenvalue weighted by Crippen LogP contribution is -2.19. The van der Waals surface area contributed by atoms with Gasteiger partial charge in [-0.15, -0.1) is 0 Å². The fourth-order valence-electron chi connectivity index (χ4n) is 2.08. The molecule has 0 saturated heterocycles. The van der Waals surface area contributed by atoms with Crippen LogP contribution in [0.4, 0.5) is 0 Å². The van der Waals surface area contributed by atoms with Crippen LogP contribution in [0, 0.1) is 0 Å². The largest absolute Gasteiger partial charge is 0.293 e. The first-order valence-corrected chi connectivity index (χ1v) is 8.91. The van der Waals surface area contributed by atoms with Crippen LogP contribution in [0.3, 0.4) is 0 Å². The highest BCUT2D eigenvalue weighted by atomic mass is 79.9. The van der Waals surface area contributed by atoms with Crippen LogP contribution in [-0.2, 0) is 6.54 Å². The molecule has 1 aromatic carbocycles. The van der Waals surface area contributed by atoms with Crippen LogP contribution in [0.2, 0.25) is 0 Å². The Morgan fingerprint density at radius 1 is 1.16 bits per heavy atom. The topological polar surface area (TPSA) is 72.2 Å². The zero-order chi connectivity index (χ0) is 17.6. The maximum Gasteiger partial charge on any atom is 0.293 e. The summed E-state index contributed by atoms with van der Waals surface area (Å²) in [4.78, 5) is 16.1. The molecule has 0 unspecified atom stereocenters. The van der Waals surface area contributed by atoms with Gasteiger partial charge in [-0.05, 0) is 51.3 Å².